The van der Waals surface area contributed by atoms with Gasteiger partial charge in [0.2, 0.25) is 17.7 Å². The molecule has 0 radical (unpaired) electrons. The highest BCUT2D eigenvalue weighted by atomic mass is 16.5. The van der Waals surface area contributed by atoms with Crippen molar-refractivity contribution in [3.8, 4) is 23.8 Å². The Morgan fingerprint density at radius 3 is 2.43 bits per heavy atom. The number of benzene rings is 2. The van der Waals surface area contributed by atoms with Gasteiger partial charge in [-0.3, -0.25) is 4.79 Å². The van der Waals surface area contributed by atoms with Gasteiger partial charge in [0.05, 0.1) is 47.1 Å². The molecule has 1 fully saturated rings. The molecule has 2 atom stereocenters. The molecule has 1 aliphatic carbocycles. The molecule has 0 spiro atoms. The summed E-state index contributed by atoms with van der Waals surface area (Å²) in [4.78, 5) is 24.8. The largest absolute Gasteiger partial charge is 0.438 e. The van der Waals surface area contributed by atoms with Gasteiger partial charge in [-0.15, -0.1) is 0 Å². The van der Waals surface area contributed by atoms with Gasteiger partial charge in [0.25, 0.3) is 0 Å². The molecule has 42 heavy (non-hydrogen) atoms. The van der Waals surface area contributed by atoms with Crippen molar-refractivity contribution in [2.75, 3.05) is 11.9 Å². The zero-order chi connectivity index (χ0) is 29.8. The number of aromatic nitrogens is 2. The van der Waals surface area contributed by atoms with Crippen LogP contribution in [0, 0.1) is 48.3 Å². The predicted molar refractivity (Wildman–Crippen MR) is 160 cm³/mol. The summed E-state index contributed by atoms with van der Waals surface area (Å²) in [6.45, 7) is 6.80. The van der Waals surface area contributed by atoms with Gasteiger partial charge in [0, 0.05) is 18.7 Å². The number of hydrogen-bond donors (Lipinski definition) is 2. The minimum Gasteiger partial charge on any atom is -0.438 e. The quantitative estimate of drug-likeness (QED) is 0.333. The Balaban J connectivity index is 1.41. The minimum absolute atomic E-state index is 0.0578. The van der Waals surface area contributed by atoms with Crippen LogP contribution in [0.15, 0.2) is 36.4 Å². The molecular formula is C33H37N7O2. The van der Waals surface area contributed by atoms with Crippen molar-refractivity contribution in [2.24, 2.45) is 17.6 Å². The van der Waals surface area contributed by atoms with E-state index in [-0.39, 0.29) is 5.91 Å². The maximum absolute atomic E-state index is 13.5. The Labute approximate surface area is 247 Å². The molecule has 5 rings (SSSR count). The number of hydrogen-bond acceptors (Lipinski definition) is 8. The number of carbonyl (C=O) groups is 1. The van der Waals surface area contributed by atoms with Crippen molar-refractivity contribution in [3.63, 3.8) is 0 Å². The molecule has 3 N–H and O–H groups in total. The molecule has 2 aromatic carbocycles. The van der Waals surface area contributed by atoms with Crippen molar-refractivity contribution in [2.45, 2.75) is 71.9 Å². The molecule has 216 valence electrons. The number of ether oxygens (including phenoxy) is 1. The van der Waals surface area contributed by atoms with Crippen LogP contribution in [0.2, 0.25) is 0 Å². The zero-order valence-corrected chi connectivity index (χ0v) is 24.5. The van der Waals surface area contributed by atoms with Crippen LogP contribution in [0.5, 0.6) is 11.6 Å². The van der Waals surface area contributed by atoms with E-state index in [4.69, 9.17) is 25.7 Å². The molecule has 9 heteroatoms. The average molecular weight is 564 g/mol. The summed E-state index contributed by atoms with van der Waals surface area (Å²) in [7, 11) is 0. The number of nitrogens with zero attached hydrogens (tertiary/aromatic N) is 5. The third-order valence-electron chi connectivity index (χ3n) is 8.33. The number of rotatable bonds is 9. The normalized spacial score (nSPS) is 15.9. The summed E-state index contributed by atoms with van der Waals surface area (Å²) in [6.07, 6.45) is 6.24. The fourth-order valence-corrected chi connectivity index (χ4v) is 5.90. The van der Waals surface area contributed by atoms with Crippen molar-refractivity contribution in [3.05, 3.63) is 69.9 Å². The van der Waals surface area contributed by atoms with Crippen molar-refractivity contribution in [1.29, 1.82) is 10.5 Å². The van der Waals surface area contributed by atoms with Crippen molar-refractivity contribution >= 4 is 17.5 Å². The van der Waals surface area contributed by atoms with E-state index in [1.807, 2.05) is 13.8 Å². The predicted octanol–water partition coefficient (Wildman–Crippen LogP) is 5.80. The highest BCUT2D eigenvalue weighted by molar-refractivity contribution is 5.82. The first kappa shape index (κ1) is 29.0. The summed E-state index contributed by atoms with van der Waals surface area (Å²) >= 11 is 0. The SMILES string of the molecule is Cc1cc(C#N)cc(C)c1Oc1nc(Nc2ccc(C#N)cc2)nc2c1CN(C(=O)[C@@H](N)CC(C)CC1CCC1)CC2. The molecule has 1 aromatic heterocycles. The molecule has 3 aromatic rings. The standard InChI is InChI=1S/C33H37N7O2/c1-20(13-23-5-4-6-23)14-28(36)32(41)40-12-11-29-27(19-40)31(42-30-21(2)15-25(18-35)16-22(30)3)39-33(38-29)37-26-9-7-24(17-34)8-10-26/h7-10,15-16,20,23,28H,4-6,11-14,19,36H2,1-3H3,(H,37,38,39)/t20?,28-/m0/s1. The summed E-state index contributed by atoms with van der Waals surface area (Å²) in [5.74, 6) is 2.46. The summed E-state index contributed by atoms with van der Waals surface area (Å²) in [5.41, 5.74) is 11.5. The number of fused-ring (bicyclic) bond motifs is 1. The fraction of sp³-hybridized carbons (Fsp3) is 0.424. The molecule has 1 unspecified atom stereocenters. The van der Waals surface area contributed by atoms with E-state index in [2.05, 4.69) is 24.4 Å². The van der Waals surface area contributed by atoms with Gasteiger partial charge in [-0.25, -0.2) is 4.98 Å². The fourth-order valence-electron chi connectivity index (χ4n) is 5.90. The van der Waals surface area contributed by atoms with Crippen LogP contribution in [-0.4, -0.2) is 33.4 Å². The Morgan fingerprint density at radius 1 is 1.12 bits per heavy atom. The van der Waals surface area contributed by atoms with Crippen LogP contribution in [0.3, 0.4) is 0 Å². The molecule has 9 nitrogen and oxygen atoms in total. The van der Waals surface area contributed by atoms with Gasteiger partial charge < -0.3 is 20.7 Å². The number of anilines is 2. The number of carbonyl (C=O) groups excluding carboxylic acids is 1. The van der Waals surface area contributed by atoms with Gasteiger partial charge in [-0.05, 0) is 86.1 Å². The van der Waals surface area contributed by atoms with Crippen LogP contribution >= 0.6 is 0 Å². The van der Waals surface area contributed by atoms with Gasteiger partial charge in [0.1, 0.15) is 5.75 Å². The van der Waals surface area contributed by atoms with Crippen LogP contribution in [0.1, 0.15) is 72.5 Å². The van der Waals surface area contributed by atoms with Crippen molar-refractivity contribution < 1.29 is 9.53 Å². The van der Waals surface area contributed by atoms with Gasteiger partial charge in [-0.2, -0.15) is 15.5 Å². The van der Waals surface area contributed by atoms with E-state index < -0.39 is 6.04 Å². The smallest absolute Gasteiger partial charge is 0.239 e. The third kappa shape index (κ3) is 6.53. The Hall–Kier alpha value is -4.47. The highest BCUT2D eigenvalue weighted by Gasteiger charge is 2.31. The number of nitrogens with one attached hydrogen (secondary N) is 1. The van der Waals surface area contributed by atoms with E-state index in [1.165, 1.54) is 19.3 Å². The first-order valence-corrected chi connectivity index (χ1v) is 14.6. The monoisotopic (exact) mass is 563 g/mol. The third-order valence-corrected chi connectivity index (χ3v) is 8.33. The second-order valence-electron chi connectivity index (χ2n) is 11.7. The van der Waals surface area contributed by atoms with Crippen LogP contribution in [0.4, 0.5) is 11.6 Å². The van der Waals surface area contributed by atoms with E-state index in [0.717, 1.165) is 40.4 Å². The topological polar surface area (TPSA) is 141 Å². The molecule has 1 saturated carbocycles. The van der Waals surface area contributed by atoms with Gasteiger partial charge in [0.15, 0.2) is 0 Å². The Bertz CT molecular complexity index is 1530. The van der Waals surface area contributed by atoms with Gasteiger partial charge in [-0.1, -0.05) is 26.2 Å². The van der Waals surface area contributed by atoms with Crippen LogP contribution in [-0.2, 0) is 17.8 Å². The van der Waals surface area contributed by atoms with Crippen LogP contribution in [0.25, 0.3) is 0 Å². The average Bonchev–Trinajstić information content (AvgIpc) is 2.96. The number of aryl methyl sites for hydroxylation is 2. The van der Waals surface area contributed by atoms with Crippen molar-refractivity contribution in [1.82, 2.24) is 14.9 Å². The van der Waals surface area contributed by atoms with E-state index in [0.29, 0.717) is 60.6 Å². The molecule has 1 amide bonds. The molecule has 1 aliphatic heterocycles. The summed E-state index contributed by atoms with van der Waals surface area (Å²) in [6, 6.07) is 14.4. The summed E-state index contributed by atoms with van der Waals surface area (Å²) in [5, 5.41) is 21.7. The maximum atomic E-state index is 13.5. The first-order chi connectivity index (χ1) is 20.2. The molecule has 2 aliphatic rings. The number of nitriles is 2. The lowest BCUT2D eigenvalue weighted by Crippen LogP contribution is -2.46. The molecule has 0 bridgehead atoms. The number of amides is 1. The van der Waals surface area contributed by atoms with E-state index >= 15 is 0 Å². The zero-order valence-electron chi connectivity index (χ0n) is 24.5. The second-order valence-corrected chi connectivity index (χ2v) is 11.7. The Morgan fingerprint density at radius 2 is 1.81 bits per heavy atom. The highest BCUT2D eigenvalue weighted by Crippen LogP contribution is 2.36. The molecule has 2 heterocycles. The molecule has 0 saturated heterocycles. The lowest BCUT2D eigenvalue weighted by molar-refractivity contribution is -0.134. The second kappa shape index (κ2) is 12.6. The lowest BCUT2D eigenvalue weighted by Gasteiger charge is -2.33. The van der Waals surface area contributed by atoms with Crippen LogP contribution < -0.4 is 15.8 Å². The number of nitrogens with two attached hydrogens (primary N) is 1. The minimum atomic E-state index is -0.549. The molecular weight excluding hydrogens is 526 g/mol. The van der Waals surface area contributed by atoms with Gasteiger partial charge >= 0.3 is 0 Å². The first-order valence-electron chi connectivity index (χ1n) is 14.6. The lowest BCUT2D eigenvalue weighted by atomic mass is 9.78. The van der Waals surface area contributed by atoms with E-state index in [9.17, 15) is 10.1 Å². The summed E-state index contributed by atoms with van der Waals surface area (Å²) < 4.78 is 6.46. The maximum Gasteiger partial charge on any atom is 0.239 e. The Kier molecular flexibility index (Phi) is 8.70. The van der Waals surface area contributed by atoms with E-state index in [1.54, 1.807) is 41.3 Å².